The molecule has 4 heteroatoms. The molecular weight excluding hydrogens is 154 g/mol. The molecule has 0 radical (unpaired) electrons. The van der Waals surface area contributed by atoms with Crippen molar-refractivity contribution in [3.8, 4) is 0 Å². The standard InChI is InChI=1S/C8H13N3O/c1-11-5-7(9-10-11)4-8(6-12)2-3-8/h5,12H,2-4,6H2,1H3. The van der Waals surface area contributed by atoms with E-state index in [1.54, 1.807) is 4.68 Å². The quantitative estimate of drug-likeness (QED) is 0.696. The van der Waals surface area contributed by atoms with Gasteiger partial charge in [0.25, 0.3) is 0 Å². The van der Waals surface area contributed by atoms with Gasteiger partial charge >= 0.3 is 0 Å². The van der Waals surface area contributed by atoms with Gasteiger partial charge in [0.2, 0.25) is 0 Å². The van der Waals surface area contributed by atoms with E-state index >= 15 is 0 Å². The predicted octanol–water partition coefficient (Wildman–Crippen LogP) is 0.130. The van der Waals surface area contributed by atoms with Crippen molar-refractivity contribution in [3.05, 3.63) is 11.9 Å². The van der Waals surface area contributed by atoms with Gasteiger partial charge in [-0.1, -0.05) is 5.21 Å². The second-order valence-electron chi connectivity index (χ2n) is 3.72. The monoisotopic (exact) mass is 167 g/mol. The summed E-state index contributed by atoms with van der Waals surface area (Å²) >= 11 is 0. The first kappa shape index (κ1) is 7.73. The van der Waals surface area contributed by atoms with Crippen LogP contribution in [0.1, 0.15) is 18.5 Å². The van der Waals surface area contributed by atoms with Gasteiger partial charge in [-0.3, -0.25) is 4.68 Å². The lowest BCUT2D eigenvalue weighted by Crippen LogP contribution is -2.10. The number of rotatable bonds is 3. The Labute approximate surface area is 71.2 Å². The fourth-order valence-corrected chi connectivity index (χ4v) is 1.43. The van der Waals surface area contributed by atoms with E-state index < -0.39 is 0 Å². The highest BCUT2D eigenvalue weighted by Gasteiger charge is 2.42. The molecule has 0 aromatic carbocycles. The fraction of sp³-hybridized carbons (Fsp3) is 0.750. The van der Waals surface area contributed by atoms with Crippen LogP contribution in [0.25, 0.3) is 0 Å². The van der Waals surface area contributed by atoms with Gasteiger partial charge in [0, 0.05) is 26.3 Å². The summed E-state index contributed by atoms with van der Waals surface area (Å²) in [5, 5.41) is 16.9. The Bertz CT molecular complexity index is 278. The molecule has 0 unspecified atom stereocenters. The minimum atomic E-state index is 0.149. The molecule has 2 rings (SSSR count). The van der Waals surface area contributed by atoms with Gasteiger partial charge in [-0.25, -0.2) is 0 Å². The maximum Gasteiger partial charge on any atom is 0.0833 e. The summed E-state index contributed by atoms with van der Waals surface area (Å²) in [7, 11) is 1.86. The van der Waals surface area contributed by atoms with Crippen molar-refractivity contribution in [2.24, 2.45) is 12.5 Å². The van der Waals surface area contributed by atoms with Crippen LogP contribution in [0.2, 0.25) is 0 Å². The van der Waals surface area contributed by atoms with Crippen molar-refractivity contribution < 1.29 is 5.11 Å². The van der Waals surface area contributed by atoms with Crippen LogP contribution in [0.5, 0.6) is 0 Å². The van der Waals surface area contributed by atoms with Crippen LogP contribution in [0.15, 0.2) is 6.20 Å². The highest BCUT2D eigenvalue weighted by Crippen LogP contribution is 2.47. The van der Waals surface area contributed by atoms with Crippen molar-refractivity contribution in [2.45, 2.75) is 19.3 Å². The predicted molar refractivity (Wildman–Crippen MR) is 43.5 cm³/mol. The van der Waals surface area contributed by atoms with Gasteiger partial charge in [0.05, 0.1) is 5.69 Å². The molecule has 1 heterocycles. The van der Waals surface area contributed by atoms with Crippen molar-refractivity contribution in [1.29, 1.82) is 0 Å². The number of hydrogen-bond donors (Lipinski definition) is 1. The summed E-state index contributed by atoms with van der Waals surface area (Å²) < 4.78 is 1.70. The topological polar surface area (TPSA) is 50.9 Å². The van der Waals surface area contributed by atoms with Crippen LogP contribution in [-0.2, 0) is 13.5 Å². The molecule has 1 aliphatic rings. The lowest BCUT2D eigenvalue weighted by Gasteiger charge is -2.06. The molecule has 0 atom stereocenters. The zero-order chi connectivity index (χ0) is 8.60. The summed E-state index contributed by atoms with van der Waals surface area (Å²) in [5.41, 5.74) is 1.14. The maximum absolute atomic E-state index is 9.07. The fourth-order valence-electron chi connectivity index (χ4n) is 1.43. The largest absolute Gasteiger partial charge is 0.396 e. The van der Waals surface area contributed by atoms with Crippen LogP contribution in [0, 0.1) is 5.41 Å². The van der Waals surface area contributed by atoms with Crippen molar-refractivity contribution >= 4 is 0 Å². The summed E-state index contributed by atoms with van der Waals surface area (Å²) in [6, 6.07) is 0. The molecule has 12 heavy (non-hydrogen) atoms. The number of aliphatic hydroxyl groups is 1. The molecule has 1 N–H and O–H groups in total. The van der Waals surface area contributed by atoms with Crippen LogP contribution < -0.4 is 0 Å². The molecule has 1 aromatic heterocycles. The molecule has 1 aliphatic carbocycles. The highest BCUT2D eigenvalue weighted by molar-refractivity contribution is 5.04. The average molecular weight is 167 g/mol. The first-order valence-corrected chi connectivity index (χ1v) is 4.20. The Morgan fingerprint density at radius 1 is 1.67 bits per heavy atom. The normalized spacial score (nSPS) is 19.5. The molecule has 1 fully saturated rings. The van der Waals surface area contributed by atoms with Crippen molar-refractivity contribution in [3.63, 3.8) is 0 Å². The lowest BCUT2D eigenvalue weighted by molar-refractivity contribution is 0.210. The molecule has 4 nitrogen and oxygen atoms in total. The Hall–Kier alpha value is -0.900. The zero-order valence-electron chi connectivity index (χ0n) is 7.19. The van der Waals surface area contributed by atoms with E-state index in [0.717, 1.165) is 25.0 Å². The Morgan fingerprint density at radius 3 is 2.83 bits per heavy atom. The van der Waals surface area contributed by atoms with Crippen molar-refractivity contribution in [2.75, 3.05) is 6.61 Å². The number of hydrogen-bond acceptors (Lipinski definition) is 3. The lowest BCUT2D eigenvalue weighted by atomic mass is 10.0. The summed E-state index contributed by atoms with van der Waals surface area (Å²) in [4.78, 5) is 0. The van der Waals surface area contributed by atoms with Crippen LogP contribution in [0.3, 0.4) is 0 Å². The summed E-state index contributed by atoms with van der Waals surface area (Å²) in [6.45, 7) is 0.281. The van der Waals surface area contributed by atoms with E-state index in [9.17, 15) is 0 Å². The van der Waals surface area contributed by atoms with E-state index in [0.29, 0.717) is 0 Å². The van der Waals surface area contributed by atoms with E-state index in [-0.39, 0.29) is 12.0 Å². The van der Waals surface area contributed by atoms with E-state index in [1.165, 1.54) is 0 Å². The van der Waals surface area contributed by atoms with Crippen molar-refractivity contribution in [1.82, 2.24) is 15.0 Å². The Balaban J connectivity index is 2.04. The van der Waals surface area contributed by atoms with E-state index in [1.807, 2.05) is 13.2 Å². The number of nitrogens with zero attached hydrogens (tertiary/aromatic N) is 3. The molecule has 0 saturated heterocycles. The molecule has 66 valence electrons. The average Bonchev–Trinajstić information content (AvgIpc) is 2.71. The van der Waals surface area contributed by atoms with Gasteiger partial charge in [-0.2, -0.15) is 0 Å². The van der Waals surface area contributed by atoms with Crippen LogP contribution in [0.4, 0.5) is 0 Å². The molecule has 0 aliphatic heterocycles. The molecule has 1 saturated carbocycles. The Morgan fingerprint density at radius 2 is 2.42 bits per heavy atom. The minimum Gasteiger partial charge on any atom is -0.396 e. The third-order valence-corrected chi connectivity index (χ3v) is 2.50. The third kappa shape index (κ3) is 1.34. The van der Waals surface area contributed by atoms with E-state index in [4.69, 9.17) is 5.11 Å². The smallest absolute Gasteiger partial charge is 0.0833 e. The first-order valence-electron chi connectivity index (χ1n) is 4.20. The highest BCUT2D eigenvalue weighted by atomic mass is 16.3. The Kier molecular flexibility index (Phi) is 1.65. The number of aliphatic hydroxyl groups excluding tert-OH is 1. The number of aryl methyl sites for hydroxylation is 1. The number of aromatic nitrogens is 3. The minimum absolute atomic E-state index is 0.149. The molecule has 0 amide bonds. The molecule has 0 spiro atoms. The maximum atomic E-state index is 9.07. The van der Waals surface area contributed by atoms with E-state index in [2.05, 4.69) is 10.3 Å². The van der Waals surface area contributed by atoms with Gasteiger partial charge < -0.3 is 5.11 Å². The van der Waals surface area contributed by atoms with Crippen LogP contribution in [-0.4, -0.2) is 26.7 Å². The second kappa shape index (κ2) is 2.55. The summed E-state index contributed by atoms with van der Waals surface area (Å²) in [5.74, 6) is 0. The SMILES string of the molecule is Cn1cc(CC2(CO)CC2)nn1. The zero-order valence-corrected chi connectivity index (χ0v) is 7.19. The molecule has 0 bridgehead atoms. The van der Waals surface area contributed by atoms with Gasteiger partial charge in [-0.15, -0.1) is 5.10 Å². The van der Waals surface area contributed by atoms with Gasteiger partial charge in [0.1, 0.15) is 0 Å². The molecular formula is C8H13N3O. The van der Waals surface area contributed by atoms with Gasteiger partial charge in [0.15, 0.2) is 0 Å². The third-order valence-electron chi connectivity index (χ3n) is 2.50. The van der Waals surface area contributed by atoms with Crippen LogP contribution >= 0.6 is 0 Å². The molecule has 1 aromatic rings. The summed E-state index contributed by atoms with van der Waals surface area (Å²) in [6.07, 6.45) is 5.03. The van der Waals surface area contributed by atoms with Gasteiger partial charge in [-0.05, 0) is 18.3 Å². The second-order valence-corrected chi connectivity index (χ2v) is 3.72. The first-order chi connectivity index (χ1) is 5.74.